The summed E-state index contributed by atoms with van der Waals surface area (Å²) < 4.78 is 5.36. The number of ether oxygens (including phenoxy) is 1. The van der Waals surface area contributed by atoms with Gasteiger partial charge in [-0.1, -0.05) is 30.7 Å². The van der Waals surface area contributed by atoms with Crippen molar-refractivity contribution in [1.29, 1.82) is 0 Å². The van der Waals surface area contributed by atoms with Crippen LogP contribution < -0.4 is 15.4 Å². The van der Waals surface area contributed by atoms with Crippen molar-refractivity contribution in [2.75, 3.05) is 11.9 Å². The van der Waals surface area contributed by atoms with Crippen molar-refractivity contribution in [2.24, 2.45) is 0 Å². The van der Waals surface area contributed by atoms with E-state index in [0.29, 0.717) is 6.61 Å². The number of nitrogens with one attached hydrogen (secondary N) is 2. The van der Waals surface area contributed by atoms with Gasteiger partial charge in [0.05, 0.1) is 12.6 Å². The van der Waals surface area contributed by atoms with Crippen LogP contribution in [0.4, 0.5) is 10.5 Å². The van der Waals surface area contributed by atoms with Gasteiger partial charge in [0, 0.05) is 5.69 Å². The molecule has 1 aliphatic rings. The van der Waals surface area contributed by atoms with E-state index in [1.807, 2.05) is 37.3 Å². The smallest absolute Gasteiger partial charge is 0.319 e. The number of carbonyl (C=O) groups excluding carboxylic acids is 1. The highest BCUT2D eigenvalue weighted by Crippen LogP contribution is 2.16. The zero-order valence-corrected chi connectivity index (χ0v) is 12.6. The predicted molar refractivity (Wildman–Crippen MR) is 85.7 cm³/mol. The van der Waals surface area contributed by atoms with E-state index in [1.54, 1.807) is 0 Å². The summed E-state index contributed by atoms with van der Waals surface area (Å²) in [6.45, 7) is 4.70. The van der Waals surface area contributed by atoms with E-state index < -0.39 is 0 Å². The highest BCUT2D eigenvalue weighted by atomic mass is 16.5. The second kappa shape index (κ2) is 7.53. The zero-order chi connectivity index (χ0) is 15.1. The second-order valence-electron chi connectivity index (χ2n) is 4.89. The fourth-order valence-corrected chi connectivity index (χ4v) is 2.17. The Kier molecular flexibility index (Phi) is 5.43. The molecule has 1 unspecified atom stereocenters. The molecule has 0 saturated carbocycles. The first-order valence-corrected chi connectivity index (χ1v) is 7.39. The Balaban J connectivity index is 1.82. The number of rotatable bonds is 5. The minimum Gasteiger partial charge on any atom is -0.494 e. The summed E-state index contributed by atoms with van der Waals surface area (Å²) in [5.41, 5.74) is 2.07. The van der Waals surface area contributed by atoms with Crippen molar-refractivity contribution < 1.29 is 9.53 Å². The average molecular weight is 286 g/mol. The van der Waals surface area contributed by atoms with Gasteiger partial charge in [-0.3, -0.25) is 0 Å². The van der Waals surface area contributed by atoms with Crippen LogP contribution in [0.25, 0.3) is 0 Å². The molecule has 1 aromatic rings. The lowest BCUT2D eigenvalue weighted by Gasteiger charge is -2.18. The maximum atomic E-state index is 11.9. The van der Waals surface area contributed by atoms with Gasteiger partial charge in [-0.25, -0.2) is 4.79 Å². The van der Waals surface area contributed by atoms with Gasteiger partial charge in [-0.2, -0.15) is 0 Å². The lowest BCUT2D eigenvalue weighted by atomic mass is 10.0. The van der Waals surface area contributed by atoms with Crippen LogP contribution in [0, 0.1) is 0 Å². The minimum atomic E-state index is -0.192. The van der Waals surface area contributed by atoms with Crippen LogP contribution in [-0.2, 0) is 0 Å². The quantitative estimate of drug-likeness (QED) is 0.863. The SMILES string of the molecule is CCOc1ccc(NC(=O)NC2C=CC(CC)=CC2)cc1. The van der Waals surface area contributed by atoms with E-state index >= 15 is 0 Å². The molecule has 2 amide bonds. The second-order valence-corrected chi connectivity index (χ2v) is 4.89. The summed E-state index contributed by atoms with van der Waals surface area (Å²) in [6.07, 6.45) is 8.15. The maximum absolute atomic E-state index is 11.9. The number of hydrogen-bond acceptors (Lipinski definition) is 2. The van der Waals surface area contributed by atoms with Crippen LogP contribution in [0.1, 0.15) is 26.7 Å². The fraction of sp³-hybridized carbons (Fsp3) is 0.353. The van der Waals surface area contributed by atoms with Crippen molar-refractivity contribution in [3.63, 3.8) is 0 Å². The van der Waals surface area contributed by atoms with E-state index in [-0.39, 0.29) is 12.1 Å². The van der Waals surface area contributed by atoms with Gasteiger partial charge in [-0.05, 0) is 44.0 Å². The lowest BCUT2D eigenvalue weighted by Crippen LogP contribution is -2.37. The Morgan fingerprint density at radius 1 is 1.29 bits per heavy atom. The van der Waals surface area contributed by atoms with Gasteiger partial charge in [0.1, 0.15) is 5.75 Å². The largest absolute Gasteiger partial charge is 0.494 e. The first-order chi connectivity index (χ1) is 10.2. The third kappa shape index (κ3) is 4.67. The first-order valence-electron chi connectivity index (χ1n) is 7.39. The van der Waals surface area contributed by atoms with Gasteiger partial charge >= 0.3 is 6.03 Å². The average Bonchev–Trinajstić information content (AvgIpc) is 2.50. The maximum Gasteiger partial charge on any atom is 0.319 e. The summed E-state index contributed by atoms with van der Waals surface area (Å²) >= 11 is 0. The highest BCUT2D eigenvalue weighted by molar-refractivity contribution is 5.89. The van der Waals surface area contributed by atoms with Crippen LogP contribution in [0.15, 0.2) is 48.1 Å². The normalized spacial score (nSPS) is 17.0. The molecule has 0 bridgehead atoms. The Morgan fingerprint density at radius 2 is 2.05 bits per heavy atom. The van der Waals surface area contributed by atoms with Crippen molar-refractivity contribution in [1.82, 2.24) is 5.32 Å². The van der Waals surface area contributed by atoms with Crippen LogP contribution in [0.3, 0.4) is 0 Å². The molecule has 0 heterocycles. The Bertz CT molecular complexity index is 532. The van der Waals surface area contributed by atoms with Crippen molar-refractivity contribution in [3.8, 4) is 5.75 Å². The number of benzene rings is 1. The van der Waals surface area contributed by atoms with E-state index in [1.165, 1.54) is 5.57 Å². The van der Waals surface area contributed by atoms with Gasteiger partial charge in [0.15, 0.2) is 0 Å². The molecule has 4 nitrogen and oxygen atoms in total. The molecular weight excluding hydrogens is 264 g/mol. The third-order valence-corrected chi connectivity index (χ3v) is 3.32. The molecule has 2 N–H and O–H groups in total. The minimum absolute atomic E-state index is 0.0583. The summed E-state index contributed by atoms with van der Waals surface area (Å²) in [4.78, 5) is 11.9. The Morgan fingerprint density at radius 3 is 2.62 bits per heavy atom. The van der Waals surface area contributed by atoms with Crippen LogP contribution in [0.2, 0.25) is 0 Å². The number of urea groups is 1. The number of allylic oxidation sites excluding steroid dienone is 2. The van der Waals surface area contributed by atoms with Crippen LogP contribution >= 0.6 is 0 Å². The molecule has 21 heavy (non-hydrogen) atoms. The molecule has 2 rings (SSSR count). The molecule has 0 fully saturated rings. The fourth-order valence-electron chi connectivity index (χ4n) is 2.17. The molecule has 0 spiro atoms. The molecule has 0 radical (unpaired) electrons. The van der Waals surface area contributed by atoms with Gasteiger partial charge in [-0.15, -0.1) is 0 Å². The van der Waals surface area contributed by atoms with Crippen molar-refractivity contribution >= 4 is 11.7 Å². The monoisotopic (exact) mass is 286 g/mol. The van der Waals surface area contributed by atoms with Crippen LogP contribution in [-0.4, -0.2) is 18.7 Å². The molecule has 112 valence electrons. The molecular formula is C17H22N2O2. The van der Waals surface area contributed by atoms with Gasteiger partial charge in [0.2, 0.25) is 0 Å². The summed E-state index contributed by atoms with van der Waals surface area (Å²) in [7, 11) is 0. The first kappa shape index (κ1) is 15.2. The summed E-state index contributed by atoms with van der Waals surface area (Å²) in [5.74, 6) is 0.802. The summed E-state index contributed by atoms with van der Waals surface area (Å²) in [5, 5.41) is 5.76. The van der Waals surface area contributed by atoms with E-state index in [4.69, 9.17) is 4.74 Å². The molecule has 0 saturated heterocycles. The van der Waals surface area contributed by atoms with Gasteiger partial charge < -0.3 is 15.4 Å². The van der Waals surface area contributed by atoms with E-state index in [0.717, 1.165) is 24.3 Å². The zero-order valence-electron chi connectivity index (χ0n) is 12.6. The molecule has 1 atom stereocenters. The van der Waals surface area contributed by atoms with Gasteiger partial charge in [0.25, 0.3) is 0 Å². The molecule has 1 aliphatic carbocycles. The lowest BCUT2D eigenvalue weighted by molar-refractivity contribution is 0.250. The molecule has 0 aromatic heterocycles. The topological polar surface area (TPSA) is 50.4 Å². The number of hydrogen-bond donors (Lipinski definition) is 2. The van der Waals surface area contributed by atoms with E-state index in [9.17, 15) is 4.79 Å². The number of carbonyl (C=O) groups is 1. The molecule has 1 aromatic carbocycles. The Hall–Kier alpha value is -2.23. The molecule has 4 heteroatoms. The number of amides is 2. The third-order valence-electron chi connectivity index (χ3n) is 3.32. The highest BCUT2D eigenvalue weighted by Gasteiger charge is 2.11. The Labute approximate surface area is 125 Å². The van der Waals surface area contributed by atoms with Crippen molar-refractivity contribution in [2.45, 2.75) is 32.7 Å². The van der Waals surface area contributed by atoms with Crippen LogP contribution in [0.5, 0.6) is 5.75 Å². The molecule has 0 aliphatic heterocycles. The number of anilines is 1. The predicted octanol–water partition coefficient (Wildman–Crippen LogP) is 3.87. The standard InChI is InChI=1S/C17H22N2O2/c1-3-13-5-7-14(8-6-13)18-17(20)19-15-9-11-16(12-10-15)21-4-2/h5-7,9-12,14H,3-4,8H2,1-2H3,(H2,18,19,20). The van der Waals surface area contributed by atoms with E-state index in [2.05, 4.69) is 29.7 Å². The van der Waals surface area contributed by atoms with Crippen molar-refractivity contribution in [3.05, 3.63) is 48.1 Å². The summed E-state index contributed by atoms with van der Waals surface area (Å²) in [6, 6.07) is 7.21.